The molecule has 20 heavy (non-hydrogen) atoms. The van der Waals surface area contributed by atoms with E-state index >= 15 is 0 Å². The number of aromatic amines is 1. The number of sulfonamides is 1. The Balaban J connectivity index is 1.88. The number of rotatable bonds is 5. The maximum Gasteiger partial charge on any atom is 0.242 e. The fourth-order valence-corrected chi connectivity index (χ4v) is 4.00. The molecule has 1 atom stereocenters. The minimum absolute atomic E-state index is 0.0359. The summed E-state index contributed by atoms with van der Waals surface area (Å²) in [5.74, 6) is 0.690. The lowest BCUT2D eigenvalue weighted by Crippen LogP contribution is -2.32. The normalized spacial score (nSPS) is 17.4. The maximum absolute atomic E-state index is 12.4. The van der Waals surface area contributed by atoms with E-state index in [1.54, 1.807) is 18.2 Å². The molecule has 1 unspecified atom stereocenters. The van der Waals surface area contributed by atoms with Crippen LogP contribution in [0.25, 0.3) is 10.9 Å². The summed E-state index contributed by atoms with van der Waals surface area (Å²) in [4.78, 5) is 3.25. The van der Waals surface area contributed by atoms with Gasteiger partial charge in [-0.3, -0.25) is 0 Å². The van der Waals surface area contributed by atoms with Crippen molar-refractivity contribution in [3.63, 3.8) is 0 Å². The topological polar surface area (TPSA) is 88.0 Å². The Morgan fingerprint density at radius 3 is 2.90 bits per heavy atom. The van der Waals surface area contributed by atoms with Crippen LogP contribution < -0.4 is 10.5 Å². The summed E-state index contributed by atoms with van der Waals surface area (Å²) in [5, 5.41) is 0.672. The third-order valence-electron chi connectivity index (χ3n) is 3.70. The van der Waals surface area contributed by atoms with Crippen LogP contribution in [0.15, 0.2) is 29.3 Å². The van der Waals surface area contributed by atoms with Gasteiger partial charge in [0, 0.05) is 28.8 Å². The van der Waals surface area contributed by atoms with Gasteiger partial charge in [0.15, 0.2) is 0 Å². The van der Waals surface area contributed by atoms with Crippen LogP contribution >= 0.6 is 0 Å². The fraction of sp³-hybridized carbons (Fsp3) is 0.429. The number of nitrogens with one attached hydrogen (secondary N) is 2. The van der Waals surface area contributed by atoms with Crippen molar-refractivity contribution in [2.45, 2.75) is 37.1 Å². The number of nitrogen functional groups attached to an aromatic ring is 1. The highest BCUT2D eigenvalue weighted by Gasteiger charge is 2.27. The molecule has 5 nitrogen and oxygen atoms in total. The van der Waals surface area contributed by atoms with Gasteiger partial charge in [0.25, 0.3) is 0 Å². The van der Waals surface area contributed by atoms with Gasteiger partial charge >= 0.3 is 0 Å². The van der Waals surface area contributed by atoms with Gasteiger partial charge in [-0.15, -0.1) is 0 Å². The van der Waals surface area contributed by atoms with Crippen LogP contribution in [0.5, 0.6) is 0 Å². The zero-order valence-electron chi connectivity index (χ0n) is 11.4. The minimum Gasteiger partial charge on any atom is -0.399 e. The molecule has 6 heteroatoms. The Morgan fingerprint density at radius 2 is 2.20 bits per heavy atom. The summed E-state index contributed by atoms with van der Waals surface area (Å²) in [5.41, 5.74) is 7.05. The largest absolute Gasteiger partial charge is 0.399 e. The van der Waals surface area contributed by atoms with Crippen LogP contribution in [-0.2, 0) is 10.0 Å². The van der Waals surface area contributed by atoms with Crippen molar-refractivity contribution in [2.75, 3.05) is 5.73 Å². The Labute approximate surface area is 118 Å². The van der Waals surface area contributed by atoms with Gasteiger partial charge in [-0.25, -0.2) is 13.1 Å². The predicted octanol–water partition coefficient (Wildman–Crippen LogP) is 2.22. The minimum atomic E-state index is -3.50. The van der Waals surface area contributed by atoms with Gasteiger partial charge in [-0.1, -0.05) is 12.8 Å². The lowest BCUT2D eigenvalue weighted by Gasteiger charge is -2.13. The van der Waals surface area contributed by atoms with E-state index in [1.807, 2.05) is 6.92 Å². The van der Waals surface area contributed by atoms with Crippen molar-refractivity contribution in [3.05, 3.63) is 24.4 Å². The summed E-state index contributed by atoms with van der Waals surface area (Å²) in [7, 11) is -3.50. The quantitative estimate of drug-likeness (QED) is 0.739. The molecular weight excluding hydrogens is 274 g/mol. The molecule has 0 saturated heterocycles. The fourth-order valence-electron chi connectivity index (χ4n) is 2.57. The number of anilines is 1. The van der Waals surface area contributed by atoms with Crippen molar-refractivity contribution in [2.24, 2.45) is 5.92 Å². The highest BCUT2D eigenvalue weighted by molar-refractivity contribution is 7.89. The monoisotopic (exact) mass is 293 g/mol. The highest BCUT2D eigenvalue weighted by atomic mass is 32.2. The molecule has 0 aliphatic heterocycles. The molecule has 4 N–H and O–H groups in total. The van der Waals surface area contributed by atoms with Crippen molar-refractivity contribution >= 4 is 26.6 Å². The van der Waals surface area contributed by atoms with Gasteiger partial charge in [0.05, 0.1) is 0 Å². The lowest BCUT2D eigenvalue weighted by atomic mass is 10.2. The molecule has 1 fully saturated rings. The number of benzene rings is 1. The Hall–Kier alpha value is -1.53. The first-order valence-corrected chi connectivity index (χ1v) is 8.33. The molecule has 1 aliphatic rings. The molecule has 0 bridgehead atoms. The Morgan fingerprint density at radius 1 is 1.45 bits per heavy atom. The molecule has 0 radical (unpaired) electrons. The van der Waals surface area contributed by atoms with Crippen LogP contribution in [0.4, 0.5) is 5.69 Å². The summed E-state index contributed by atoms with van der Waals surface area (Å²) in [6.45, 7) is 1.92. The second-order valence-electron chi connectivity index (χ2n) is 5.66. The maximum atomic E-state index is 12.4. The van der Waals surface area contributed by atoms with Crippen LogP contribution in [0.3, 0.4) is 0 Å². The number of nitrogens with two attached hydrogens (primary N) is 1. The zero-order valence-corrected chi connectivity index (χ0v) is 12.2. The second-order valence-corrected chi connectivity index (χ2v) is 7.34. The van der Waals surface area contributed by atoms with E-state index in [0.717, 1.165) is 11.9 Å². The third-order valence-corrected chi connectivity index (χ3v) is 5.33. The Bertz CT molecular complexity index is 732. The van der Waals surface area contributed by atoms with Crippen molar-refractivity contribution in [1.82, 2.24) is 9.71 Å². The SMILES string of the molecule is CC(CC1CC1)NS(=O)(=O)c1c[nH]c2cc(N)ccc12. The molecule has 1 heterocycles. The molecule has 1 aliphatic carbocycles. The highest BCUT2D eigenvalue weighted by Crippen LogP contribution is 2.34. The molecule has 108 valence electrons. The smallest absolute Gasteiger partial charge is 0.242 e. The van der Waals surface area contributed by atoms with Crippen LogP contribution in [0, 0.1) is 5.92 Å². The first-order chi connectivity index (χ1) is 9.45. The predicted molar refractivity (Wildman–Crippen MR) is 79.8 cm³/mol. The summed E-state index contributed by atoms with van der Waals surface area (Å²) < 4.78 is 27.6. The van der Waals surface area contributed by atoms with Crippen molar-refractivity contribution in [3.8, 4) is 0 Å². The summed E-state index contributed by atoms with van der Waals surface area (Å²) in [6.07, 6.45) is 4.88. The van der Waals surface area contributed by atoms with Crippen molar-refractivity contribution < 1.29 is 8.42 Å². The van der Waals surface area contributed by atoms with Crippen LogP contribution in [-0.4, -0.2) is 19.4 Å². The van der Waals surface area contributed by atoms with Gasteiger partial charge in [0.1, 0.15) is 4.90 Å². The molecule has 2 aromatic rings. The lowest BCUT2D eigenvalue weighted by molar-refractivity contribution is 0.530. The standard InChI is InChI=1S/C14H19N3O2S/c1-9(6-10-2-3-10)17-20(18,19)14-8-16-13-7-11(15)4-5-12(13)14/h4-5,7-10,16-17H,2-3,6,15H2,1H3. The van der Waals surface area contributed by atoms with Crippen LogP contribution in [0.1, 0.15) is 26.2 Å². The van der Waals surface area contributed by atoms with E-state index < -0.39 is 10.0 Å². The van der Waals surface area contributed by atoms with Gasteiger partial charge < -0.3 is 10.7 Å². The Kier molecular flexibility index (Phi) is 3.22. The number of aromatic nitrogens is 1. The summed E-state index contributed by atoms with van der Waals surface area (Å²) in [6, 6.07) is 5.15. The van der Waals surface area contributed by atoms with E-state index in [0.29, 0.717) is 17.0 Å². The molecule has 0 amide bonds. The second kappa shape index (κ2) is 4.79. The van der Waals surface area contributed by atoms with E-state index in [2.05, 4.69) is 9.71 Å². The van der Waals surface area contributed by atoms with E-state index in [4.69, 9.17) is 5.73 Å². The molecule has 1 saturated carbocycles. The van der Waals surface area contributed by atoms with Crippen molar-refractivity contribution in [1.29, 1.82) is 0 Å². The number of H-pyrrole nitrogens is 1. The zero-order chi connectivity index (χ0) is 14.3. The average Bonchev–Trinajstić information content (AvgIpc) is 3.05. The van der Waals surface area contributed by atoms with E-state index in [9.17, 15) is 8.42 Å². The van der Waals surface area contributed by atoms with E-state index in [1.165, 1.54) is 19.0 Å². The van der Waals surface area contributed by atoms with Gasteiger partial charge in [-0.05, 0) is 37.5 Å². The molecular formula is C14H19N3O2S. The first-order valence-electron chi connectivity index (χ1n) is 6.84. The number of fused-ring (bicyclic) bond motifs is 1. The third kappa shape index (κ3) is 2.66. The summed E-state index contributed by atoms with van der Waals surface area (Å²) >= 11 is 0. The molecule has 1 aromatic heterocycles. The molecule has 3 rings (SSSR count). The first kappa shape index (κ1) is 13.5. The van der Waals surface area contributed by atoms with Crippen LogP contribution in [0.2, 0.25) is 0 Å². The van der Waals surface area contributed by atoms with E-state index in [-0.39, 0.29) is 10.9 Å². The average molecular weight is 293 g/mol. The molecule has 0 spiro atoms. The van der Waals surface area contributed by atoms with Gasteiger partial charge in [-0.2, -0.15) is 0 Å². The molecule has 1 aromatic carbocycles. The number of hydrogen-bond donors (Lipinski definition) is 3. The number of hydrogen-bond acceptors (Lipinski definition) is 3. The van der Waals surface area contributed by atoms with Gasteiger partial charge in [0.2, 0.25) is 10.0 Å².